The Kier molecular flexibility index (Phi) is 6.20. The maximum atomic E-state index is 11.8. The molecule has 0 bridgehead atoms. The molecule has 0 saturated carbocycles. The Balaban J connectivity index is 1.44. The fourth-order valence-corrected chi connectivity index (χ4v) is 2.17. The van der Waals surface area contributed by atoms with Crippen molar-refractivity contribution >= 4 is 18.1 Å². The topological polar surface area (TPSA) is 90.1 Å². The molecule has 1 heterocycles. The van der Waals surface area contributed by atoms with Gasteiger partial charge < -0.3 is 13.9 Å². The first-order valence-electron chi connectivity index (χ1n) is 8.47. The predicted octanol–water partition coefficient (Wildman–Crippen LogP) is 3.34. The molecule has 0 spiro atoms. The Hall–Kier alpha value is -3.87. The Bertz CT molecular complexity index is 945. The summed E-state index contributed by atoms with van der Waals surface area (Å²) in [5, 5.41) is 3.87. The van der Waals surface area contributed by atoms with Gasteiger partial charge in [-0.2, -0.15) is 5.10 Å². The summed E-state index contributed by atoms with van der Waals surface area (Å²) in [4.78, 5) is 23.5. The molecule has 0 aliphatic carbocycles. The molecule has 7 heteroatoms. The van der Waals surface area contributed by atoms with E-state index in [1.165, 1.54) is 18.5 Å². The highest BCUT2D eigenvalue weighted by Crippen LogP contribution is 2.14. The number of hydrazone groups is 1. The molecule has 3 rings (SSSR count). The molecule has 0 saturated heterocycles. The van der Waals surface area contributed by atoms with Gasteiger partial charge in [0.2, 0.25) is 5.76 Å². The molecule has 0 unspecified atom stereocenters. The van der Waals surface area contributed by atoms with Crippen molar-refractivity contribution < 1.29 is 23.5 Å². The molecule has 0 aliphatic rings. The number of hydrogen-bond donors (Lipinski definition) is 1. The average Bonchev–Trinajstić information content (AvgIpc) is 3.24. The standard InChI is InChI=1S/C21H18N2O5/c1-15-4-8-17(9-5-15)27-14-20(24)23-22-13-16-6-10-18(11-7-16)28-21(25)19-3-2-12-26-19/h2-13H,14H2,1H3,(H,23,24). The first-order valence-corrected chi connectivity index (χ1v) is 8.47. The molecule has 28 heavy (non-hydrogen) atoms. The monoisotopic (exact) mass is 378 g/mol. The summed E-state index contributed by atoms with van der Waals surface area (Å²) in [6, 6.07) is 17.2. The number of furan rings is 1. The van der Waals surface area contributed by atoms with E-state index in [2.05, 4.69) is 10.5 Å². The quantitative estimate of drug-likeness (QED) is 0.295. The van der Waals surface area contributed by atoms with Gasteiger partial charge in [-0.15, -0.1) is 0 Å². The summed E-state index contributed by atoms with van der Waals surface area (Å²) in [5.41, 5.74) is 4.22. The number of benzene rings is 2. The molecule has 2 aromatic carbocycles. The summed E-state index contributed by atoms with van der Waals surface area (Å²) >= 11 is 0. The van der Waals surface area contributed by atoms with Gasteiger partial charge in [0.05, 0.1) is 12.5 Å². The zero-order chi connectivity index (χ0) is 19.8. The third-order valence-electron chi connectivity index (χ3n) is 3.61. The van der Waals surface area contributed by atoms with Crippen molar-refractivity contribution in [3.8, 4) is 11.5 Å². The van der Waals surface area contributed by atoms with Gasteiger partial charge in [0.15, 0.2) is 6.61 Å². The number of nitrogens with zero attached hydrogens (tertiary/aromatic N) is 1. The van der Waals surface area contributed by atoms with E-state index in [1.807, 2.05) is 19.1 Å². The van der Waals surface area contributed by atoms with Crippen LogP contribution in [0.2, 0.25) is 0 Å². The van der Waals surface area contributed by atoms with Gasteiger partial charge in [-0.05, 0) is 61.0 Å². The van der Waals surface area contributed by atoms with Crippen molar-refractivity contribution in [2.24, 2.45) is 5.10 Å². The van der Waals surface area contributed by atoms with E-state index in [9.17, 15) is 9.59 Å². The molecule has 1 aromatic heterocycles. The summed E-state index contributed by atoms with van der Waals surface area (Å²) in [6.45, 7) is 1.84. The van der Waals surface area contributed by atoms with E-state index in [1.54, 1.807) is 42.5 Å². The van der Waals surface area contributed by atoms with Crippen LogP contribution >= 0.6 is 0 Å². The second-order valence-electron chi connectivity index (χ2n) is 5.83. The molecule has 0 atom stereocenters. The van der Waals surface area contributed by atoms with Crippen LogP contribution in [0.3, 0.4) is 0 Å². The van der Waals surface area contributed by atoms with Crippen molar-refractivity contribution in [3.05, 3.63) is 83.8 Å². The Morgan fingerprint density at radius 2 is 1.75 bits per heavy atom. The van der Waals surface area contributed by atoms with E-state index in [-0.39, 0.29) is 18.3 Å². The predicted molar refractivity (Wildman–Crippen MR) is 103 cm³/mol. The Labute approximate surface area is 161 Å². The lowest BCUT2D eigenvalue weighted by Gasteiger charge is -2.05. The Morgan fingerprint density at radius 1 is 1.04 bits per heavy atom. The third-order valence-corrected chi connectivity index (χ3v) is 3.61. The average molecular weight is 378 g/mol. The number of nitrogens with one attached hydrogen (secondary N) is 1. The largest absolute Gasteiger partial charge is 0.484 e. The summed E-state index contributed by atoms with van der Waals surface area (Å²) in [5.74, 6) is 0.160. The lowest BCUT2D eigenvalue weighted by molar-refractivity contribution is -0.123. The van der Waals surface area contributed by atoms with Gasteiger partial charge in [-0.3, -0.25) is 4.79 Å². The molecule has 3 aromatic rings. The van der Waals surface area contributed by atoms with Gasteiger partial charge in [0, 0.05) is 0 Å². The number of aryl methyl sites for hydroxylation is 1. The van der Waals surface area contributed by atoms with Crippen molar-refractivity contribution in [2.75, 3.05) is 6.61 Å². The van der Waals surface area contributed by atoms with E-state index in [0.29, 0.717) is 11.5 Å². The van der Waals surface area contributed by atoms with Crippen LogP contribution in [-0.2, 0) is 4.79 Å². The van der Waals surface area contributed by atoms with Crippen LogP contribution in [0.1, 0.15) is 21.7 Å². The van der Waals surface area contributed by atoms with E-state index in [4.69, 9.17) is 13.9 Å². The first-order chi connectivity index (χ1) is 13.6. The summed E-state index contributed by atoms with van der Waals surface area (Å²) < 4.78 is 15.5. The van der Waals surface area contributed by atoms with Crippen LogP contribution < -0.4 is 14.9 Å². The van der Waals surface area contributed by atoms with Gasteiger partial charge in [-0.25, -0.2) is 10.2 Å². The normalized spacial score (nSPS) is 10.6. The SMILES string of the molecule is Cc1ccc(OCC(=O)NN=Cc2ccc(OC(=O)c3ccco3)cc2)cc1. The molecule has 7 nitrogen and oxygen atoms in total. The van der Waals surface area contributed by atoms with Crippen molar-refractivity contribution in [1.29, 1.82) is 0 Å². The number of carbonyl (C=O) groups is 2. The minimum absolute atomic E-state index is 0.126. The fraction of sp³-hybridized carbons (Fsp3) is 0.0952. The fourth-order valence-electron chi connectivity index (χ4n) is 2.17. The van der Waals surface area contributed by atoms with Gasteiger partial charge >= 0.3 is 5.97 Å². The number of amides is 1. The number of rotatable bonds is 7. The second kappa shape index (κ2) is 9.18. The highest BCUT2D eigenvalue weighted by molar-refractivity contribution is 5.88. The number of ether oxygens (including phenoxy) is 2. The van der Waals surface area contributed by atoms with Crippen LogP contribution in [0.5, 0.6) is 11.5 Å². The number of esters is 1. The van der Waals surface area contributed by atoms with Crippen molar-refractivity contribution in [1.82, 2.24) is 5.43 Å². The molecule has 1 N–H and O–H groups in total. The van der Waals surface area contributed by atoms with Crippen LogP contribution in [0.15, 0.2) is 76.4 Å². The molecular formula is C21H18N2O5. The maximum absolute atomic E-state index is 11.8. The van der Waals surface area contributed by atoms with E-state index >= 15 is 0 Å². The molecule has 0 aliphatic heterocycles. The van der Waals surface area contributed by atoms with Gasteiger partial charge in [-0.1, -0.05) is 17.7 Å². The number of carbonyl (C=O) groups excluding carboxylic acids is 2. The van der Waals surface area contributed by atoms with Crippen LogP contribution in [0.4, 0.5) is 0 Å². The minimum atomic E-state index is -0.577. The highest BCUT2D eigenvalue weighted by atomic mass is 16.5. The van der Waals surface area contributed by atoms with E-state index in [0.717, 1.165) is 11.1 Å². The van der Waals surface area contributed by atoms with Gasteiger partial charge in [0.25, 0.3) is 5.91 Å². The number of hydrogen-bond acceptors (Lipinski definition) is 6. The lowest BCUT2D eigenvalue weighted by Crippen LogP contribution is -2.24. The highest BCUT2D eigenvalue weighted by Gasteiger charge is 2.10. The zero-order valence-electron chi connectivity index (χ0n) is 15.1. The van der Waals surface area contributed by atoms with Crippen LogP contribution in [0, 0.1) is 6.92 Å². The van der Waals surface area contributed by atoms with Gasteiger partial charge in [0.1, 0.15) is 11.5 Å². The molecular weight excluding hydrogens is 360 g/mol. The second-order valence-corrected chi connectivity index (χ2v) is 5.83. The molecule has 0 radical (unpaired) electrons. The van der Waals surface area contributed by atoms with Crippen molar-refractivity contribution in [2.45, 2.75) is 6.92 Å². The molecule has 1 amide bonds. The molecule has 142 valence electrons. The Morgan fingerprint density at radius 3 is 2.43 bits per heavy atom. The summed E-state index contributed by atoms with van der Waals surface area (Å²) in [6.07, 6.45) is 2.87. The van der Waals surface area contributed by atoms with Crippen molar-refractivity contribution in [3.63, 3.8) is 0 Å². The maximum Gasteiger partial charge on any atom is 0.379 e. The smallest absolute Gasteiger partial charge is 0.379 e. The third kappa shape index (κ3) is 5.57. The minimum Gasteiger partial charge on any atom is -0.484 e. The molecule has 0 fully saturated rings. The van der Waals surface area contributed by atoms with Crippen LogP contribution in [-0.4, -0.2) is 24.7 Å². The zero-order valence-corrected chi connectivity index (χ0v) is 15.1. The first kappa shape index (κ1) is 18.9. The van der Waals surface area contributed by atoms with E-state index < -0.39 is 5.97 Å². The van der Waals surface area contributed by atoms with Crippen LogP contribution in [0.25, 0.3) is 0 Å². The lowest BCUT2D eigenvalue weighted by atomic mass is 10.2. The summed E-state index contributed by atoms with van der Waals surface area (Å²) in [7, 11) is 0.